The van der Waals surface area contributed by atoms with Gasteiger partial charge in [-0.3, -0.25) is 0 Å². The summed E-state index contributed by atoms with van der Waals surface area (Å²) in [6, 6.07) is 12.3. The van der Waals surface area contributed by atoms with Crippen LogP contribution in [0.3, 0.4) is 0 Å². The van der Waals surface area contributed by atoms with Crippen molar-refractivity contribution in [1.29, 1.82) is 0 Å². The molecule has 0 saturated heterocycles. The molecule has 0 aliphatic carbocycles. The molecule has 0 atom stereocenters. The number of benzene rings is 2. The summed E-state index contributed by atoms with van der Waals surface area (Å²) < 4.78 is 48.3. The van der Waals surface area contributed by atoms with Crippen LogP contribution in [0.25, 0.3) is 6.08 Å². The predicted octanol–water partition coefficient (Wildman–Crippen LogP) is 5.20. The molecule has 0 aliphatic heterocycles. The predicted molar refractivity (Wildman–Crippen MR) is 83.6 cm³/mol. The fraction of sp³-hybridized carbons (Fsp3) is 0.222. The zero-order chi connectivity index (χ0) is 16.7. The van der Waals surface area contributed by atoms with Crippen molar-refractivity contribution in [3.63, 3.8) is 0 Å². The highest BCUT2D eigenvalue weighted by Crippen LogP contribution is 2.29. The van der Waals surface area contributed by atoms with Crippen LogP contribution in [-0.2, 0) is 6.18 Å². The zero-order valence-electron chi connectivity index (χ0n) is 12.6. The minimum Gasteiger partial charge on any atom is -0.494 e. The minimum atomic E-state index is -4.31. The van der Waals surface area contributed by atoms with E-state index in [-0.39, 0.29) is 0 Å². The first-order valence-corrected chi connectivity index (χ1v) is 7.18. The first-order chi connectivity index (χ1) is 11.0. The maximum atomic E-state index is 12.5. The molecule has 0 aliphatic rings. The second-order valence-corrected chi connectivity index (χ2v) is 4.74. The van der Waals surface area contributed by atoms with Gasteiger partial charge < -0.3 is 9.47 Å². The SMILES string of the molecule is CCOc1cccc(OC/C=C/c2ccc(C(F)(F)F)cc2)c1. The molecule has 0 saturated carbocycles. The third kappa shape index (κ3) is 5.36. The highest BCUT2D eigenvalue weighted by Gasteiger charge is 2.29. The number of hydrogen-bond donors (Lipinski definition) is 0. The Labute approximate surface area is 133 Å². The number of ether oxygens (including phenoxy) is 2. The number of rotatable bonds is 6. The van der Waals surface area contributed by atoms with Gasteiger partial charge in [-0.05, 0) is 42.8 Å². The maximum absolute atomic E-state index is 12.5. The quantitative estimate of drug-likeness (QED) is 0.728. The molecule has 2 aromatic rings. The Morgan fingerprint density at radius 1 is 0.957 bits per heavy atom. The minimum absolute atomic E-state index is 0.316. The van der Waals surface area contributed by atoms with Gasteiger partial charge in [0, 0.05) is 6.07 Å². The van der Waals surface area contributed by atoms with E-state index in [0.29, 0.717) is 24.5 Å². The zero-order valence-corrected chi connectivity index (χ0v) is 12.6. The summed E-state index contributed by atoms with van der Waals surface area (Å²) in [4.78, 5) is 0. The lowest BCUT2D eigenvalue weighted by Crippen LogP contribution is -2.03. The van der Waals surface area contributed by atoms with Gasteiger partial charge >= 0.3 is 6.18 Å². The molecule has 0 amide bonds. The topological polar surface area (TPSA) is 18.5 Å². The van der Waals surface area contributed by atoms with E-state index in [2.05, 4.69) is 0 Å². The standard InChI is InChI=1S/C18H17F3O2/c1-2-22-16-6-3-7-17(13-16)23-12-4-5-14-8-10-15(11-9-14)18(19,20)21/h3-11,13H,2,12H2,1H3/b5-4+. The van der Waals surface area contributed by atoms with E-state index in [1.165, 1.54) is 12.1 Å². The molecule has 5 heteroatoms. The summed E-state index contributed by atoms with van der Waals surface area (Å²) in [6.07, 6.45) is -0.848. The van der Waals surface area contributed by atoms with Gasteiger partial charge in [-0.2, -0.15) is 13.2 Å². The first-order valence-electron chi connectivity index (χ1n) is 7.18. The number of hydrogen-bond acceptors (Lipinski definition) is 2. The molecule has 23 heavy (non-hydrogen) atoms. The molecule has 0 spiro atoms. The number of alkyl halides is 3. The van der Waals surface area contributed by atoms with Crippen molar-refractivity contribution in [2.75, 3.05) is 13.2 Å². The lowest BCUT2D eigenvalue weighted by Gasteiger charge is -2.07. The summed E-state index contributed by atoms with van der Waals surface area (Å²) >= 11 is 0. The van der Waals surface area contributed by atoms with Gasteiger partial charge in [0.05, 0.1) is 12.2 Å². The van der Waals surface area contributed by atoms with Crippen LogP contribution in [0.15, 0.2) is 54.6 Å². The van der Waals surface area contributed by atoms with Gasteiger partial charge in [0.1, 0.15) is 18.1 Å². The highest BCUT2D eigenvalue weighted by atomic mass is 19.4. The Morgan fingerprint density at radius 3 is 2.22 bits per heavy atom. The molecular formula is C18H17F3O2. The molecule has 122 valence electrons. The molecule has 0 heterocycles. The van der Waals surface area contributed by atoms with Gasteiger partial charge in [-0.25, -0.2) is 0 Å². The van der Waals surface area contributed by atoms with E-state index in [1.54, 1.807) is 18.2 Å². The number of halogens is 3. The Hall–Kier alpha value is -2.43. The molecule has 0 radical (unpaired) electrons. The fourth-order valence-electron chi connectivity index (χ4n) is 1.93. The van der Waals surface area contributed by atoms with Crippen molar-refractivity contribution in [2.45, 2.75) is 13.1 Å². The Bertz CT molecular complexity index is 646. The molecule has 2 aromatic carbocycles. The maximum Gasteiger partial charge on any atom is 0.416 e. The molecule has 0 fully saturated rings. The third-order valence-electron chi connectivity index (χ3n) is 3.01. The summed E-state index contributed by atoms with van der Waals surface area (Å²) in [5.41, 5.74) is 0.0308. The monoisotopic (exact) mass is 322 g/mol. The second-order valence-electron chi connectivity index (χ2n) is 4.74. The molecule has 2 nitrogen and oxygen atoms in total. The van der Waals surface area contributed by atoms with E-state index >= 15 is 0 Å². The van der Waals surface area contributed by atoms with Crippen molar-refractivity contribution >= 4 is 6.08 Å². The summed E-state index contributed by atoms with van der Waals surface area (Å²) in [5, 5.41) is 0. The van der Waals surface area contributed by atoms with E-state index in [0.717, 1.165) is 17.9 Å². The Balaban J connectivity index is 1.88. The van der Waals surface area contributed by atoms with Gasteiger partial charge in [-0.1, -0.05) is 24.3 Å². The molecule has 2 rings (SSSR count). The lowest BCUT2D eigenvalue weighted by molar-refractivity contribution is -0.137. The lowest BCUT2D eigenvalue weighted by atomic mass is 10.1. The van der Waals surface area contributed by atoms with Gasteiger partial charge in [-0.15, -0.1) is 0 Å². The molecular weight excluding hydrogens is 305 g/mol. The largest absolute Gasteiger partial charge is 0.494 e. The van der Waals surface area contributed by atoms with E-state index in [9.17, 15) is 13.2 Å². The average Bonchev–Trinajstić information content (AvgIpc) is 2.52. The van der Waals surface area contributed by atoms with Gasteiger partial charge in [0.15, 0.2) is 0 Å². The van der Waals surface area contributed by atoms with Crippen LogP contribution in [0.4, 0.5) is 13.2 Å². The van der Waals surface area contributed by atoms with Crippen molar-refractivity contribution in [1.82, 2.24) is 0 Å². The summed E-state index contributed by atoms with van der Waals surface area (Å²) in [7, 11) is 0. The Morgan fingerprint density at radius 2 is 1.61 bits per heavy atom. The summed E-state index contributed by atoms with van der Waals surface area (Å²) in [6.45, 7) is 2.80. The van der Waals surface area contributed by atoms with Crippen LogP contribution >= 0.6 is 0 Å². The Kier molecular flexibility index (Phi) is 5.68. The fourth-order valence-corrected chi connectivity index (χ4v) is 1.93. The van der Waals surface area contributed by atoms with Crippen molar-refractivity contribution in [3.8, 4) is 11.5 Å². The van der Waals surface area contributed by atoms with Gasteiger partial charge in [0.25, 0.3) is 0 Å². The van der Waals surface area contributed by atoms with Crippen molar-refractivity contribution < 1.29 is 22.6 Å². The van der Waals surface area contributed by atoms with Crippen molar-refractivity contribution in [2.24, 2.45) is 0 Å². The van der Waals surface area contributed by atoms with Crippen LogP contribution in [0, 0.1) is 0 Å². The molecule has 0 aromatic heterocycles. The molecule has 0 N–H and O–H groups in total. The van der Waals surface area contributed by atoms with E-state index in [1.807, 2.05) is 25.1 Å². The molecule has 0 bridgehead atoms. The van der Waals surface area contributed by atoms with Crippen LogP contribution in [-0.4, -0.2) is 13.2 Å². The van der Waals surface area contributed by atoms with E-state index in [4.69, 9.17) is 9.47 Å². The highest BCUT2D eigenvalue weighted by molar-refractivity contribution is 5.50. The van der Waals surface area contributed by atoms with Crippen LogP contribution < -0.4 is 9.47 Å². The van der Waals surface area contributed by atoms with Crippen molar-refractivity contribution in [3.05, 3.63) is 65.7 Å². The van der Waals surface area contributed by atoms with Gasteiger partial charge in [0.2, 0.25) is 0 Å². The smallest absolute Gasteiger partial charge is 0.416 e. The normalized spacial score (nSPS) is 11.7. The molecule has 0 unspecified atom stereocenters. The third-order valence-corrected chi connectivity index (χ3v) is 3.01. The average molecular weight is 322 g/mol. The summed E-state index contributed by atoms with van der Waals surface area (Å²) in [5.74, 6) is 1.41. The second kappa shape index (κ2) is 7.72. The first kappa shape index (κ1) is 16.9. The van der Waals surface area contributed by atoms with Crippen LogP contribution in [0.5, 0.6) is 11.5 Å². The van der Waals surface area contributed by atoms with Crippen LogP contribution in [0.1, 0.15) is 18.1 Å². The van der Waals surface area contributed by atoms with E-state index < -0.39 is 11.7 Å². The van der Waals surface area contributed by atoms with Crippen LogP contribution in [0.2, 0.25) is 0 Å².